The molecule has 9 nitrogen and oxygen atoms in total. The molecule has 4 N–H and O–H groups in total. The number of aliphatic hydroxyl groups excluding tert-OH is 1. The Balaban J connectivity index is 1.37. The van der Waals surface area contributed by atoms with E-state index < -0.39 is 11.7 Å². The van der Waals surface area contributed by atoms with E-state index in [4.69, 9.17) is 5.73 Å². The minimum absolute atomic E-state index is 0.0399. The normalized spacial score (nSPS) is 15.2. The van der Waals surface area contributed by atoms with Crippen LogP contribution in [0.2, 0.25) is 0 Å². The molecular weight excluding hydrogens is 473 g/mol. The summed E-state index contributed by atoms with van der Waals surface area (Å²) in [6.07, 6.45) is 3.01. The number of carbonyl (C=O) groups excluding carboxylic acids is 1. The molecule has 0 atom stereocenters. The molecule has 0 unspecified atom stereocenters. The molecule has 2 aromatic heterocycles. The second-order valence-electron chi connectivity index (χ2n) is 9.63. The molecule has 10 heteroatoms. The quantitative estimate of drug-likeness (QED) is 0.370. The molecule has 1 aliphatic carbocycles. The van der Waals surface area contributed by atoms with E-state index in [9.17, 15) is 9.90 Å². The Bertz CT molecular complexity index is 1530. The predicted octanol–water partition coefficient (Wildman–Crippen LogP) is 3.45. The maximum absolute atomic E-state index is 15.1. The molecule has 4 aromatic rings. The smallest absolute Gasteiger partial charge is 0.261 e. The highest BCUT2D eigenvalue weighted by molar-refractivity contribution is 6.09. The van der Waals surface area contributed by atoms with Crippen molar-refractivity contribution in [1.29, 1.82) is 0 Å². The van der Waals surface area contributed by atoms with Crippen LogP contribution in [-0.4, -0.2) is 42.7 Å². The number of aromatic amines is 1. The maximum atomic E-state index is 15.1. The van der Waals surface area contributed by atoms with Gasteiger partial charge in [-0.1, -0.05) is 18.2 Å². The topological polar surface area (TPSA) is 134 Å². The SMILES string of the molecule is Cc1cc(Cc2nc(N)nc(-c3cccc(N4CCc5cc(C6CC6)cc(F)c5C4=O)c3CO)n2)n[nH]1. The highest BCUT2D eigenvalue weighted by Gasteiger charge is 2.33. The first-order valence-electron chi connectivity index (χ1n) is 12.3. The van der Waals surface area contributed by atoms with Crippen LogP contribution < -0.4 is 10.6 Å². The number of aryl methyl sites for hydroxylation is 1. The van der Waals surface area contributed by atoms with Crippen molar-refractivity contribution in [2.45, 2.75) is 45.1 Å². The van der Waals surface area contributed by atoms with Gasteiger partial charge in [0.15, 0.2) is 5.82 Å². The van der Waals surface area contributed by atoms with Gasteiger partial charge < -0.3 is 15.7 Å². The van der Waals surface area contributed by atoms with Gasteiger partial charge in [-0.2, -0.15) is 15.1 Å². The first kappa shape index (κ1) is 23.2. The Labute approximate surface area is 212 Å². The van der Waals surface area contributed by atoms with Crippen molar-refractivity contribution in [3.05, 3.63) is 81.7 Å². The number of halogens is 1. The van der Waals surface area contributed by atoms with Gasteiger partial charge in [0.05, 0.1) is 30.0 Å². The van der Waals surface area contributed by atoms with Crippen molar-refractivity contribution < 1.29 is 14.3 Å². The lowest BCUT2D eigenvalue weighted by Crippen LogP contribution is -2.39. The van der Waals surface area contributed by atoms with Crippen molar-refractivity contribution >= 4 is 17.5 Å². The number of nitrogens with one attached hydrogen (secondary N) is 1. The Hall–Kier alpha value is -4.18. The van der Waals surface area contributed by atoms with Crippen LogP contribution in [0.3, 0.4) is 0 Å². The molecule has 37 heavy (non-hydrogen) atoms. The molecule has 1 aliphatic heterocycles. The Morgan fingerprint density at radius 1 is 1.19 bits per heavy atom. The zero-order valence-corrected chi connectivity index (χ0v) is 20.3. The molecule has 0 saturated heterocycles. The number of nitrogens with two attached hydrogens (primary N) is 1. The summed E-state index contributed by atoms with van der Waals surface area (Å²) in [6.45, 7) is 1.91. The lowest BCUT2D eigenvalue weighted by atomic mass is 9.93. The molecular formula is C27H26FN7O2. The van der Waals surface area contributed by atoms with Crippen molar-refractivity contribution in [1.82, 2.24) is 25.1 Å². The second-order valence-corrected chi connectivity index (χ2v) is 9.63. The van der Waals surface area contributed by atoms with Crippen molar-refractivity contribution in [3.8, 4) is 11.4 Å². The summed E-state index contributed by atoms with van der Waals surface area (Å²) >= 11 is 0. The third-order valence-electron chi connectivity index (χ3n) is 6.95. The van der Waals surface area contributed by atoms with E-state index in [1.165, 1.54) is 11.0 Å². The van der Waals surface area contributed by atoms with Crippen LogP contribution >= 0.6 is 0 Å². The number of hydrogen-bond donors (Lipinski definition) is 3. The number of carbonyl (C=O) groups is 1. The van der Waals surface area contributed by atoms with Gasteiger partial charge in [0.2, 0.25) is 5.95 Å². The van der Waals surface area contributed by atoms with Crippen LogP contribution in [0.15, 0.2) is 36.4 Å². The van der Waals surface area contributed by atoms with Gasteiger partial charge in [0.1, 0.15) is 11.6 Å². The summed E-state index contributed by atoms with van der Waals surface area (Å²) in [5, 5.41) is 17.5. The number of rotatable bonds is 6. The highest BCUT2D eigenvalue weighted by atomic mass is 19.1. The molecule has 1 fully saturated rings. The molecule has 2 aromatic carbocycles. The van der Waals surface area contributed by atoms with Gasteiger partial charge in [-0.15, -0.1) is 0 Å². The van der Waals surface area contributed by atoms with E-state index in [-0.39, 0.29) is 23.9 Å². The maximum Gasteiger partial charge on any atom is 0.261 e. The number of nitrogens with zero attached hydrogens (tertiary/aromatic N) is 5. The van der Waals surface area contributed by atoms with Gasteiger partial charge in [-0.05, 0) is 61.4 Å². The average Bonchev–Trinajstić information content (AvgIpc) is 3.65. The Morgan fingerprint density at radius 2 is 2.03 bits per heavy atom. The van der Waals surface area contributed by atoms with Crippen molar-refractivity contribution in [3.63, 3.8) is 0 Å². The zero-order chi connectivity index (χ0) is 25.7. The predicted molar refractivity (Wildman–Crippen MR) is 135 cm³/mol. The summed E-state index contributed by atoms with van der Waals surface area (Å²) in [6, 6.07) is 10.6. The number of fused-ring (bicyclic) bond motifs is 1. The summed E-state index contributed by atoms with van der Waals surface area (Å²) < 4.78 is 15.1. The summed E-state index contributed by atoms with van der Waals surface area (Å²) in [5.74, 6) is 0.251. The minimum atomic E-state index is -0.487. The van der Waals surface area contributed by atoms with Crippen LogP contribution in [0.5, 0.6) is 0 Å². The largest absolute Gasteiger partial charge is 0.392 e. The summed E-state index contributed by atoms with van der Waals surface area (Å²) in [4.78, 5) is 28.1. The lowest BCUT2D eigenvalue weighted by molar-refractivity contribution is 0.0976. The number of hydrogen-bond acceptors (Lipinski definition) is 7. The fraction of sp³-hybridized carbons (Fsp3) is 0.296. The van der Waals surface area contributed by atoms with E-state index in [1.54, 1.807) is 18.2 Å². The second kappa shape index (κ2) is 9.04. The number of aliphatic hydroxyl groups is 1. The third-order valence-corrected chi connectivity index (χ3v) is 6.95. The number of benzene rings is 2. The summed E-state index contributed by atoms with van der Waals surface area (Å²) in [5.41, 5.74) is 11.0. The van der Waals surface area contributed by atoms with E-state index in [2.05, 4.69) is 25.1 Å². The molecule has 188 valence electrons. The first-order valence-corrected chi connectivity index (χ1v) is 12.3. The van der Waals surface area contributed by atoms with Crippen molar-refractivity contribution in [2.24, 2.45) is 0 Å². The van der Waals surface area contributed by atoms with E-state index >= 15 is 4.39 Å². The molecule has 1 amide bonds. The molecule has 0 spiro atoms. The monoisotopic (exact) mass is 499 g/mol. The van der Waals surface area contributed by atoms with Crippen LogP contribution in [0, 0.1) is 12.7 Å². The molecule has 2 aliphatic rings. The Morgan fingerprint density at radius 3 is 2.76 bits per heavy atom. The van der Waals surface area contributed by atoms with Crippen LogP contribution in [0.4, 0.5) is 16.0 Å². The fourth-order valence-electron chi connectivity index (χ4n) is 5.04. The van der Waals surface area contributed by atoms with Gasteiger partial charge in [0.25, 0.3) is 5.91 Å². The van der Waals surface area contributed by atoms with Gasteiger partial charge >= 0.3 is 0 Å². The van der Waals surface area contributed by atoms with Crippen LogP contribution in [0.1, 0.15) is 63.0 Å². The lowest BCUT2D eigenvalue weighted by Gasteiger charge is -2.31. The van der Waals surface area contributed by atoms with Crippen LogP contribution in [0.25, 0.3) is 11.4 Å². The number of H-pyrrole nitrogens is 1. The minimum Gasteiger partial charge on any atom is -0.392 e. The molecule has 6 rings (SSSR count). The standard InChI is InChI=1S/C27H26FN7O2/c1-14-9-18(34-33-14)12-23-30-25(32-27(29)31-23)19-3-2-4-22(20(19)13-36)35-8-7-16-10-17(15-5-6-15)11-21(28)24(16)26(35)37/h2-4,9-11,15,36H,5-8,12-13H2,1H3,(H,33,34)(H2,29,30,31,32). The van der Waals surface area contributed by atoms with E-state index in [0.29, 0.717) is 47.9 Å². The molecule has 3 heterocycles. The first-order chi connectivity index (χ1) is 17.9. The number of anilines is 2. The molecule has 0 bridgehead atoms. The van der Waals surface area contributed by atoms with Crippen molar-refractivity contribution in [2.75, 3.05) is 17.2 Å². The van der Waals surface area contributed by atoms with Gasteiger partial charge in [0, 0.05) is 23.4 Å². The van der Waals surface area contributed by atoms with Crippen LogP contribution in [-0.2, 0) is 19.4 Å². The van der Waals surface area contributed by atoms with E-state index in [1.807, 2.05) is 19.1 Å². The number of amides is 1. The summed E-state index contributed by atoms with van der Waals surface area (Å²) in [7, 11) is 0. The fourth-order valence-corrected chi connectivity index (χ4v) is 5.04. The average molecular weight is 500 g/mol. The number of nitrogen functional groups attached to an aromatic ring is 1. The highest BCUT2D eigenvalue weighted by Crippen LogP contribution is 2.42. The zero-order valence-electron chi connectivity index (χ0n) is 20.3. The van der Waals surface area contributed by atoms with E-state index in [0.717, 1.165) is 35.4 Å². The van der Waals surface area contributed by atoms with Gasteiger partial charge in [-0.25, -0.2) is 9.37 Å². The molecule has 1 saturated carbocycles. The molecule has 0 radical (unpaired) electrons. The number of aromatic nitrogens is 5. The third kappa shape index (κ3) is 4.33. The Kier molecular flexibility index (Phi) is 5.68. The van der Waals surface area contributed by atoms with Gasteiger partial charge in [-0.3, -0.25) is 9.89 Å².